The van der Waals surface area contributed by atoms with Crippen LogP contribution in [0.15, 0.2) is 48.5 Å². The molecule has 0 aromatic heterocycles. The third-order valence-corrected chi connectivity index (χ3v) is 3.09. The molecule has 0 unspecified atom stereocenters. The molecule has 0 fully saturated rings. The Labute approximate surface area is 128 Å². The van der Waals surface area contributed by atoms with Gasteiger partial charge in [-0.3, -0.25) is 0 Å². The van der Waals surface area contributed by atoms with Crippen LogP contribution in [0.2, 0.25) is 10.0 Å². The van der Waals surface area contributed by atoms with Crippen LogP contribution in [0.3, 0.4) is 0 Å². The predicted molar refractivity (Wildman–Crippen MR) is 73.4 cm³/mol. The van der Waals surface area contributed by atoms with Crippen molar-refractivity contribution in [2.24, 2.45) is 0 Å². The van der Waals surface area contributed by atoms with E-state index in [1.54, 1.807) is 6.07 Å². The molecule has 0 spiro atoms. The SMILES string of the molecule is Clc1ccc(CNCc2ccccc2)c(Cl)c1.[Br-]. The van der Waals surface area contributed by atoms with Gasteiger partial charge in [0.25, 0.3) is 0 Å². The first kappa shape index (κ1) is 15.5. The zero-order chi connectivity index (χ0) is 12.1. The van der Waals surface area contributed by atoms with Crippen molar-refractivity contribution < 1.29 is 17.0 Å². The lowest BCUT2D eigenvalue weighted by Gasteiger charge is -2.07. The Kier molecular flexibility index (Phi) is 6.72. The first-order valence-electron chi connectivity index (χ1n) is 5.44. The third kappa shape index (κ3) is 4.62. The summed E-state index contributed by atoms with van der Waals surface area (Å²) in [6, 6.07) is 15.8. The number of rotatable bonds is 4. The van der Waals surface area contributed by atoms with Crippen molar-refractivity contribution >= 4 is 23.2 Å². The summed E-state index contributed by atoms with van der Waals surface area (Å²) < 4.78 is 0. The molecule has 0 amide bonds. The largest absolute Gasteiger partial charge is 1.00 e. The van der Waals surface area contributed by atoms with Gasteiger partial charge in [0, 0.05) is 23.1 Å². The molecule has 0 aliphatic heterocycles. The maximum Gasteiger partial charge on any atom is 0.0465 e. The van der Waals surface area contributed by atoms with Crippen LogP contribution in [0.4, 0.5) is 0 Å². The Bertz CT molecular complexity index is 488. The number of hydrogen-bond donors (Lipinski definition) is 1. The summed E-state index contributed by atoms with van der Waals surface area (Å²) in [5.41, 5.74) is 2.32. The highest BCUT2D eigenvalue weighted by Crippen LogP contribution is 2.20. The zero-order valence-corrected chi connectivity index (χ0v) is 12.8. The average Bonchev–Trinajstić information content (AvgIpc) is 2.33. The molecule has 0 saturated heterocycles. The minimum Gasteiger partial charge on any atom is -1.00 e. The number of hydrogen-bond acceptors (Lipinski definition) is 1. The van der Waals surface area contributed by atoms with Gasteiger partial charge in [-0.05, 0) is 23.3 Å². The van der Waals surface area contributed by atoms with Crippen molar-refractivity contribution in [3.8, 4) is 0 Å². The van der Waals surface area contributed by atoms with E-state index < -0.39 is 0 Å². The van der Waals surface area contributed by atoms with Crippen LogP contribution in [0.25, 0.3) is 0 Å². The normalized spacial score (nSPS) is 9.89. The van der Waals surface area contributed by atoms with E-state index in [1.807, 2.05) is 30.3 Å². The number of halogens is 3. The summed E-state index contributed by atoms with van der Waals surface area (Å²) in [5.74, 6) is 0. The molecule has 0 heterocycles. The van der Waals surface area contributed by atoms with Crippen LogP contribution in [0.1, 0.15) is 11.1 Å². The van der Waals surface area contributed by atoms with Gasteiger partial charge in [0.05, 0.1) is 0 Å². The fourth-order valence-electron chi connectivity index (χ4n) is 1.60. The molecular weight excluding hydrogens is 333 g/mol. The fraction of sp³-hybridized carbons (Fsp3) is 0.143. The molecule has 2 rings (SSSR count). The summed E-state index contributed by atoms with van der Waals surface area (Å²) in [6.07, 6.45) is 0. The van der Waals surface area contributed by atoms with Crippen molar-refractivity contribution in [2.75, 3.05) is 0 Å². The van der Waals surface area contributed by atoms with Gasteiger partial charge in [0.1, 0.15) is 0 Å². The smallest absolute Gasteiger partial charge is 0.0465 e. The molecular formula is C14H13BrCl2N-. The van der Waals surface area contributed by atoms with Crippen LogP contribution in [0, 0.1) is 0 Å². The summed E-state index contributed by atoms with van der Waals surface area (Å²) in [6.45, 7) is 1.57. The molecule has 0 bridgehead atoms. The molecule has 2 aromatic carbocycles. The molecule has 96 valence electrons. The van der Waals surface area contributed by atoms with Gasteiger partial charge >= 0.3 is 0 Å². The monoisotopic (exact) mass is 344 g/mol. The van der Waals surface area contributed by atoms with E-state index in [2.05, 4.69) is 17.4 Å². The average molecular weight is 346 g/mol. The van der Waals surface area contributed by atoms with Crippen LogP contribution in [0.5, 0.6) is 0 Å². The molecule has 0 saturated carbocycles. The highest BCUT2D eigenvalue weighted by molar-refractivity contribution is 6.35. The van der Waals surface area contributed by atoms with E-state index in [4.69, 9.17) is 23.2 Å². The summed E-state index contributed by atoms with van der Waals surface area (Å²) in [4.78, 5) is 0. The van der Waals surface area contributed by atoms with Crippen LogP contribution < -0.4 is 22.3 Å². The molecule has 2 aromatic rings. The molecule has 4 heteroatoms. The van der Waals surface area contributed by atoms with E-state index in [9.17, 15) is 0 Å². The van der Waals surface area contributed by atoms with Gasteiger partial charge in [-0.15, -0.1) is 0 Å². The van der Waals surface area contributed by atoms with Crippen LogP contribution >= 0.6 is 23.2 Å². The van der Waals surface area contributed by atoms with Crippen molar-refractivity contribution in [1.29, 1.82) is 0 Å². The zero-order valence-electron chi connectivity index (χ0n) is 9.67. The second-order valence-corrected chi connectivity index (χ2v) is 4.67. The Hall–Kier alpha value is -0.540. The standard InChI is InChI=1S/C14H13Cl2N.BrH/c15-13-7-6-12(14(16)8-13)10-17-9-11-4-2-1-3-5-11;/h1-8,17H,9-10H2;1H/p-1. The molecule has 0 atom stereocenters. The summed E-state index contributed by atoms with van der Waals surface area (Å²) >= 11 is 11.9. The van der Waals surface area contributed by atoms with E-state index in [-0.39, 0.29) is 17.0 Å². The first-order valence-corrected chi connectivity index (χ1v) is 6.20. The minimum absolute atomic E-state index is 0. The maximum atomic E-state index is 6.09. The second kappa shape index (κ2) is 7.80. The van der Waals surface area contributed by atoms with E-state index in [0.717, 1.165) is 18.7 Å². The Morgan fingerprint density at radius 3 is 2.28 bits per heavy atom. The molecule has 0 aliphatic rings. The van der Waals surface area contributed by atoms with Gasteiger partial charge in [0.15, 0.2) is 0 Å². The van der Waals surface area contributed by atoms with Crippen molar-refractivity contribution in [2.45, 2.75) is 13.1 Å². The van der Waals surface area contributed by atoms with Crippen molar-refractivity contribution in [1.82, 2.24) is 5.32 Å². The third-order valence-electron chi connectivity index (χ3n) is 2.50. The van der Waals surface area contributed by atoms with Gasteiger partial charge in [0.2, 0.25) is 0 Å². The highest BCUT2D eigenvalue weighted by atomic mass is 79.9. The minimum atomic E-state index is 0. The number of benzene rings is 2. The first-order chi connectivity index (χ1) is 8.25. The molecule has 18 heavy (non-hydrogen) atoms. The highest BCUT2D eigenvalue weighted by Gasteiger charge is 2.00. The topological polar surface area (TPSA) is 12.0 Å². The lowest BCUT2D eigenvalue weighted by Crippen LogP contribution is -3.00. The van der Waals surface area contributed by atoms with E-state index in [1.165, 1.54) is 5.56 Å². The quantitative estimate of drug-likeness (QED) is 0.880. The van der Waals surface area contributed by atoms with Crippen LogP contribution in [-0.2, 0) is 13.1 Å². The van der Waals surface area contributed by atoms with E-state index >= 15 is 0 Å². The Morgan fingerprint density at radius 1 is 0.889 bits per heavy atom. The second-order valence-electron chi connectivity index (χ2n) is 3.82. The summed E-state index contributed by atoms with van der Waals surface area (Å²) in [5, 5.41) is 4.73. The van der Waals surface area contributed by atoms with E-state index in [0.29, 0.717) is 10.0 Å². The molecule has 1 N–H and O–H groups in total. The maximum absolute atomic E-state index is 6.09. The van der Waals surface area contributed by atoms with Gasteiger partial charge < -0.3 is 22.3 Å². The van der Waals surface area contributed by atoms with Crippen molar-refractivity contribution in [3.63, 3.8) is 0 Å². The predicted octanol–water partition coefficient (Wildman–Crippen LogP) is 1.29. The Morgan fingerprint density at radius 2 is 1.61 bits per heavy atom. The Balaban J connectivity index is 0.00000162. The van der Waals surface area contributed by atoms with Gasteiger partial charge in [-0.25, -0.2) is 0 Å². The summed E-state index contributed by atoms with van der Waals surface area (Å²) in [7, 11) is 0. The molecule has 0 radical (unpaired) electrons. The molecule has 1 nitrogen and oxygen atoms in total. The molecule has 0 aliphatic carbocycles. The van der Waals surface area contributed by atoms with Crippen molar-refractivity contribution in [3.05, 3.63) is 69.7 Å². The van der Waals surface area contributed by atoms with Gasteiger partial charge in [-0.1, -0.05) is 59.6 Å². The lowest BCUT2D eigenvalue weighted by atomic mass is 10.2. The lowest BCUT2D eigenvalue weighted by molar-refractivity contribution is -0.00000326. The fourth-order valence-corrected chi connectivity index (χ4v) is 2.08. The van der Waals surface area contributed by atoms with Crippen LogP contribution in [-0.4, -0.2) is 0 Å². The van der Waals surface area contributed by atoms with Gasteiger partial charge in [-0.2, -0.15) is 0 Å². The number of nitrogens with one attached hydrogen (secondary N) is 1.